The van der Waals surface area contributed by atoms with Gasteiger partial charge >= 0.3 is 0 Å². The van der Waals surface area contributed by atoms with Crippen molar-refractivity contribution < 1.29 is 9.59 Å². The molecule has 1 fully saturated rings. The Kier molecular flexibility index (Phi) is 5.38. The molecule has 1 saturated heterocycles. The van der Waals surface area contributed by atoms with Gasteiger partial charge in [-0.15, -0.1) is 0 Å². The second-order valence-electron chi connectivity index (χ2n) is 6.07. The highest BCUT2D eigenvalue weighted by Crippen LogP contribution is 2.26. The maximum atomic E-state index is 12.4. The molecule has 2 N–H and O–H groups in total. The van der Waals surface area contributed by atoms with E-state index in [0.29, 0.717) is 5.17 Å². The van der Waals surface area contributed by atoms with Gasteiger partial charge in [0.1, 0.15) is 5.25 Å². The molecule has 3 rings (SSSR count). The molecule has 0 radical (unpaired) electrons. The van der Waals surface area contributed by atoms with Gasteiger partial charge in [-0.3, -0.25) is 14.6 Å². The first kappa shape index (κ1) is 17.5. The Morgan fingerprint density at radius 3 is 2.84 bits per heavy atom. The van der Waals surface area contributed by atoms with Crippen LogP contribution in [0.3, 0.4) is 0 Å². The fourth-order valence-corrected chi connectivity index (χ4v) is 3.67. The molecule has 5 nitrogen and oxygen atoms in total. The number of amides is 2. The topological polar surface area (TPSA) is 70.6 Å². The predicted molar refractivity (Wildman–Crippen MR) is 104 cm³/mol. The largest absolute Gasteiger partial charge is 0.325 e. The van der Waals surface area contributed by atoms with E-state index in [1.165, 1.54) is 11.8 Å². The molecular weight excluding hydrogens is 334 g/mol. The number of thioether (sulfide) groups is 1. The number of nitrogens with one attached hydrogen (secondary N) is 2. The molecule has 2 aromatic carbocycles. The summed E-state index contributed by atoms with van der Waals surface area (Å²) >= 11 is 1.33. The van der Waals surface area contributed by atoms with E-state index in [0.717, 1.165) is 22.9 Å². The van der Waals surface area contributed by atoms with E-state index < -0.39 is 5.25 Å². The van der Waals surface area contributed by atoms with Crippen molar-refractivity contribution >= 4 is 45.2 Å². The van der Waals surface area contributed by atoms with Crippen molar-refractivity contribution in [2.75, 3.05) is 5.32 Å². The van der Waals surface area contributed by atoms with Gasteiger partial charge < -0.3 is 10.6 Å². The predicted octanol–water partition coefficient (Wildman–Crippen LogP) is 3.55. The summed E-state index contributed by atoms with van der Waals surface area (Å²) in [5.41, 5.74) is 0.764. The second-order valence-corrected chi connectivity index (χ2v) is 7.26. The minimum atomic E-state index is -0.433. The smallest absolute Gasteiger partial charge is 0.240 e. The number of aliphatic imine (C=N–C) groups is 1. The summed E-state index contributed by atoms with van der Waals surface area (Å²) in [5.74, 6) is -0.325. The number of fused-ring (bicyclic) bond motifs is 1. The zero-order chi connectivity index (χ0) is 17.8. The quantitative estimate of drug-likeness (QED) is 0.861. The average molecular weight is 355 g/mol. The second kappa shape index (κ2) is 7.70. The van der Waals surface area contributed by atoms with E-state index in [1.54, 1.807) is 0 Å². The first-order valence-electron chi connectivity index (χ1n) is 8.39. The third-order valence-electron chi connectivity index (χ3n) is 4.14. The summed E-state index contributed by atoms with van der Waals surface area (Å²) in [6.45, 7) is 4.05. The van der Waals surface area contributed by atoms with Crippen LogP contribution in [0.1, 0.15) is 26.7 Å². The van der Waals surface area contributed by atoms with Crippen LogP contribution in [0.2, 0.25) is 0 Å². The standard InChI is InChI=1S/C19H21N3O2S/c1-3-12(2)20-19-22-18(24)16(25-19)11-17(23)21-15-10-6-8-13-7-4-5-9-14(13)15/h4-10,12,16H,3,11H2,1-2H3,(H,21,23)(H,20,22,24)/t12-,16+/m0/s1. The van der Waals surface area contributed by atoms with Gasteiger partial charge in [-0.05, 0) is 24.8 Å². The first-order valence-corrected chi connectivity index (χ1v) is 9.27. The highest BCUT2D eigenvalue weighted by Gasteiger charge is 2.32. The molecule has 0 bridgehead atoms. The van der Waals surface area contributed by atoms with Crippen LogP contribution >= 0.6 is 11.8 Å². The SMILES string of the molecule is CC[C@H](C)N=C1NC(=O)[C@@H](CC(=O)Nc2cccc3ccccc23)S1. The minimum absolute atomic E-state index is 0.124. The highest BCUT2D eigenvalue weighted by molar-refractivity contribution is 8.15. The van der Waals surface area contributed by atoms with Crippen LogP contribution in [0.5, 0.6) is 0 Å². The number of benzene rings is 2. The molecule has 2 amide bonds. The van der Waals surface area contributed by atoms with Crippen LogP contribution in [0.15, 0.2) is 47.5 Å². The molecule has 0 unspecified atom stereocenters. The lowest BCUT2D eigenvalue weighted by molar-refractivity contribution is -0.122. The third kappa shape index (κ3) is 4.20. The molecule has 130 valence electrons. The zero-order valence-electron chi connectivity index (χ0n) is 14.3. The van der Waals surface area contributed by atoms with E-state index >= 15 is 0 Å². The average Bonchev–Trinajstić information content (AvgIpc) is 2.94. The summed E-state index contributed by atoms with van der Waals surface area (Å²) < 4.78 is 0. The Labute approximate surface area is 151 Å². The number of nitrogens with zero attached hydrogens (tertiary/aromatic N) is 1. The number of rotatable bonds is 5. The summed E-state index contributed by atoms with van der Waals surface area (Å²) in [7, 11) is 0. The molecule has 2 atom stereocenters. The first-order chi connectivity index (χ1) is 12.1. The van der Waals surface area contributed by atoms with Gasteiger partial charge in [-0.2, -0.15) is 0 Å². The third-order valence-corrected chi connectivity index (χ3v) is 5.24. The molecular formula is C19H21N3O2S. The van der Waals surface area contributed by atoms with E-state index in [9.17, 15) is 9.59 Å². The van der Waals surface area contributed by atoms with Gasteiger partial charge in [0.2, 0.25) is 11.8 Å². The van der Waals surface area contributed by atoms with Crippen molar-refractivity contribution in [2.45, 2.75) is 38.0 Å². The molecule has 0 spiro atoms. The van der Waals surface area contributed by atoms with E-state index in [1.807, 2.05) is 56.3 Å². The highest BCUT2D eigenvalue weighted by atomic mass is 32.2. The summed E-state index contributed by atoms with van der Waals surface area (Å²) in [5, 5.41) is 7.92. The number of hydrogen-bond acceptors (Lipinski definition) is 4. The fourth-order valence-electron chi connectivity index (χ4n) is 2.60. The molecule has 1 aliphatic rings. The lowest BCUT2D eigenvalue weighted by Gasteiger charge is -2.10. The van der Waals surface area contributed by atoms with Gasteiger partial charge in [-0.1, -0.05) is 55.1 Å². The lowest BCUT2D eigenvalue weighted by atomic mass is 10.1. The molecule has 1 aliphatic heterocycles. The Balaban J connectivity index is 1.66. The number of amidine groups is 1. The molecule has 0 saturated carbocycles. The Morgan fingerprint density at radius 1 is 1.28 bits per heavy atom. The van der Waals surface area contributed by atoms with Gasteiger partial charge in [-0.25, -0.2) is 0 Å². The van der Waals surface area contributed by atoms with Crippen LogP contribution in [0.25, 0.3) is 10.8 Å². The van der Waals surface area contributed by atoms with E-state index in [4.69, 9.17) is 0 Å². The minimum Gasteiger partial charge on any atom is -0.325 e. The molecule has 6 heteroatoms. The van der Waals surface area contributed by atoms with Crippen molar-refractivity contribution in [3.05, 3.63) is 42.5 Å². The van der Waals surface area contributed by atoms with E-state index in [-0.39, 0.29) is 24.3 Å². The van der Waals surface area contributed by atoms with Crippen LogP contribution < -0.4 is 10.6 Å². The Bertz CT molecular complexity index is 829. The molecule has 0 aromatic heterocycles. The van der Waals surface area contributed by atoms with Crippen LogP contribution in [-0.2, 0) is 9.59 Å². The maximum absolute atomic E-state index is 12.4. The van der Waals surface area contributed by atoms with Crippen LogP contribution in [-0.4, -0.2) is 28.3 Å². The molecule has 2 aromatic rings. The van der Waals surface area contributed by atoms with Crippen molar-refractivity contribution in [3.63, 3.8) is 0 Å². The number of anilines is 1. The van der Waals surface area contributed by atoms with Gasteiger partial charge in [0.25, 0.3) is 0 Å². The maximum Gasteiger partial charge on any atom is 0.240 e. The number of carbonyl (C=O) groups is 2. The van der Waals surface area contributed by atoms with Gasteiger partial charge in [0, 0.05) is 23.5 Å². The molecule has 0 aliphatic carbocycles. The zero-order valence-corrected chi connectivity index (χ0v) is 15.1. The molecule has 25 heavy (non-hydrogen) atoms. The monoisotopic (exact) mass is 355 g/mol. The fraction of sp³-hybridized carbons (Fsp3) is 0.316. The number of carbonyl (C=O) groups excluding carboxylic acids is 2. The van der Waals surface area contributed by atoms with Gasteiger partial charge in [0.05, 0.1) is 0 Å². The van der Waals surface area contributed by atoms with Crippen LogP contribution in [0.4, 0.5) is 5.69 Å². The molecule has 1 heterocycles. The summed E-state index contributed by atoms with van der Waals surface area (Å²) in [4.78, 5) is 28.9. The normalized spacial score (nSPS) is 19.8. The van der Waals surface area contributed by atoms with Crippen molar-refractivity contribution in [1.82, 2.24) is 5.32 Å². The summed E-state index contributed by atoms with van der Waals surface area (Å²) in [6, 6.07) is 13.8. The van der Waals surface area contributed by atoms with Crippen molar-refractivity contribution in [3.8, 4) is 0 Å². The Morgan fingerprint density at radius 2 is 2.04 bits per heavy atom. The van der Waals surface area contributed by atoms with Gasteiger partial charge in [0.15, 0.2) is 5.17 Å². The number of hydrogen-bond donors (Lipinski definition) is 2. The van der Waals surface area contributed by atoms with Crippen molar-refractivity contribution in [1.29, 1.82) is 0 Å². The Hall–Kier alpha value is -2.34. The van der Waals surface area contributed by atoms with Crippen molar-refractivity contribution in [2.24, 2.45) is 4.99 Å². The lowest BCUT2D eigenvalue weighted by Crippen LogP contribution is -2.28. The van der Waals surface area contributed by atoms with Crippen LogP contribution in [0, 0.1) is 0 Å². The summed E-state index contributed by atoms with van der Waals surface area (Å²) in [6.07, 6.45) is 1.03. The van der Waals surface area contributed by atoms with E-state index in [2.05, 4.69) is 15.6 Å².